The first-order valence-electron chi connectivity index (χ1n) is 7.67. The highest BCUT2D eigenvalue weighted by atomic mass is 16.4. The van der Waals surface area contributed by atoms with Crippen LogP contribution in [0.3, 0.4) is 0 Å². The Balaban J connectivity index is 2.46. The molecule has 3 amide bonds. The molecule has 0 aliphatic carbocycles. The van der Waals surface area contributed by atoms with E-state index in [-0.39, 0.29) is 19.3 Å². The first-order valence-corrected chi connectivity index (χ1v) is 7.67. The molecule has 0 aromatic heterocycles. The van der Waals surface area contributed by atoms with Gasteiger partial charge in [0.1, 0.15) is 6.04 Å². The van der Waals surface area contributed by atoms with Crippen LogP contribution >= 0.6 is 0 Å². The Bertz CT molecular complexity index is 620. The summed E-state index contributed by atoms with van der Waals surface area (Å²) >= 11 is 0. The zero-order chi connectivity index (χ0) is 18.8. The van der Waals surface area contributed by atoms with Gasteiger partial charge in [-0.1, -0.05) is 30.3 Å². The maximum absolute atomic E-state index is 11.9. The SMILES string of the molecule is NC(=O)[C@H](Cc1ccccc1)NC(=O)CNC(=O)[C@@H](N)CCC(=O)O. The molecular weight excluding hydrogens is 328 g/mol. The fourth-order valence-corrected chi connectivity index (χ4v) is 2.03. The molecule has 0 heterocycles. The molecule has 1 rings (SSSR count). The smallest absolute Gasteiger partial charge is 0.303 e. The topological polar surface area (TPSA) is 165 Å². The van der Waals surface area contributed by atoms with Crippen molar-refractivity contribution in [3.63, 3.8) is 0 Å². The minimum atomic E-state index is -1.06. The lowest BCUT2D eigenvalue weighted by Gasteiger charge is -2.16. The second kappa shape index (κ2) is 10.0. The quantitative estimate of drug-likeness (QED) is 0.345. The van der Waals surface area contributed by atoms with Gasteiger partial charge in [0.05, 0.1) is 12.6 Å². The highest BCUT2D eigenvalue weighted by molar-refractivity contribution is 5.90. The van der Waals surface area contributed by atoms with Crippen molar-refractivity contribution < 1.29 is 24.3 Å². The lowest BCUT2D eigenvalue weighted by atomic mass is 10.1. The Morgan fingerprint density at radius 3 is 2.32 bits per heavy atom. The van der Waals surface area contributed by atoms with Gasteiger partial charge in [-0.25, -0.2) is 0 Å². The Hall–Kier alpha value is -2.94. The summed E-state index contributed by atoms with van der Waals surface area (Å²) in [6.45, 7) is -0.391. The monoisotopic (exact) mass is 350 g/mol. The molecular formula is C16H22N4O5. The Morgan fingerprint density at radius 2 is 1.76 bits per heavy atom. The van der Waals surface area contributed by atoms with E-state index in [0.717, 1.165) is 5.56 Å². The van der Waals surface area contributed by atoms with Crippen molar-refractivity contribution in [3.8, 4) is 0 Å². The number of primary amides is 1. The fourth-order valence-electron chi connectivity index (χ4n) is 2.03. The predicted octanol–water partition coefficient (Wildman–Crippen LogP) is -1.49. The summed E-state index contributed by atoms with van der Waals surface area (Å²) in [5.41, 5.74) is 11.6. The summed E-state index contributed by atoms with van der Waals surface area (Å²) in [5.74, 6) is -3.00. The molecule has 9 heteroatoms. The number of benzene rings is 1. The molecule has 9 nitrogen and oxygen atoms in total. The summed E-state index contributed by atoms with van der Waals surface area (Å²) in [5, 5.41) is 13.3. The second-order valence-electron chi connectivity index (χ2n) is 5.47. The summed E-state index contributed by atoms with van der Waals surface area (Å²) in [6.07, 6.45) is -0.0592. The van der Waals surface area contributed by atoms with E-state index in [1.807, 2.05) is 6.07 Å². The van der Waals surface area contributed by atoms with E-state index in [0.29, 0.717) is 0 Å². The van der Waals surface area contributed by atoms with E-state index in [9.17, 15) is 19.2 Å². The minimum absolute atomic E-state index is 0.0410. The number of carbonyl (C=O) groups is 4. The number of rotatable bonds is 10. The molecule has 136 valence electrons. The number of nitrogens with one attached hydrogen (secondary N) is 2. The van der Waals surface area contributed by atoms with E-state index < -0.39 is 42.3 Å². The third-order valence-corrected chi connectivity index (χ3v) is 3.39. The molecule has 0 fully saturated rings. The largest absolute Gasteiger partial charge is 0.481 e. The highest BCUT2D eigenvalue weighted by Gasteiger charge is 2.20. The van der Waals surface area contributed by atoms with Crippen molar-refractivity contribution in [2.75, 3.05) is 6.54 Å². The van der Waals surface area contributed by atoms with Gasteiger partial charge in [0.2, 0.25) is 17.7 Å². The summed E-state index contributed by atoms with van der Waals surface area (Å²) < 4.78 is 0. The molecule has 1 aromatic rings. The van der Waals surface area contributed by atoms with Crippen molar-refractivity contribution in [2.45, 2.75) is 31.3 Å². The third-order valence-electron chi connectivity index (χ3n) is 3.39. The zero-order valence-corrected chi connectivity index (χ0v) is 13.6. The molecule has 0 saturated carbocycles. The van der Waals surface area contributed by atoms with E-state index in [1.165, 1.54) is 0 Å². The Kier molecular flexibility index (Phi) is 8.07. The number of aliphatic carboxylic acids is 1. The number of hydrogen-bond acceptors (Lipinski definition) is 5. The van der Waals surface area contributed by atoms with Gasteiger partial charge >= 0.3 is 5.97 Å². The van der Waals surface area contributed by atoms with E-state index in [2.05, 4.69) is 10.6 Å². The summed E-state index contributed by atoms with van der Waals surface area (Å²) in [4.78, 5) is 45.5. The van der Waals surface area contributed by atoms with E-state index in [1.54, 1.807) is 24.3 Å². The molecule has 0 radical (unpaired) electrons. The molecule has 25 heavy (non-hydrogen) atoms. The summed E-state index contributed by atoms with van der Waals surface area (Å²) in [7, 11) is 0. The molecule has 0 aliphatic rings. The highest BCUT2D eigenvalue weighted by Crippen LogP contribution is 2.03. The van der Waals surface area contributed by atoms with Gasteiger partial charge in [0.15, 0.2) is 0 Å². The standard InChI is InChI=1S/C16H22N4O5/c17-11(6-7-14(22)23)16(25)19-9-13(21)20-12(15(18)24)8-10-4-2-1-3-5-10/h1-5,11-12H,6-9,17H2,(H2,18,24)(H,19,25)(H,20,21)(H,22,23)/t11-,12-/m0/s1. The first kappa shape index (κ1) is 20.1. The molecule has 0 saturated heterocycles. The van der Waals surface area contributed by atoms with E-state index >= 15 is 0 Å². The number of carbonyl (C=O) groups excluding carboxylic acids is 3. The number of carboxylic acids is 1. The van der Waals surface area contributed by atoms with Gasteiger partial charge in [-0.05, 0) is 12.0 Å². The third kappa shape index (κ3) is 7.93. The van der Waals surface area contributed by atoms with Crippen LogP contribution < -0.4 is 22.1 Å². The van der Waals surface area contributed by atoms with Gasteiger partial charge < -0.3 is 27.2 Å². The lowest BCUT2D eigenvalue weighted by molar-refractivity contribution is -0.137. The molecule has 7 N–H and O–H groups in total. The van der Waals surface area contributed by atoms with Gasteiger partial charge in [0, 0.05) is 12.8 Å². The van der Waals surface area contributed by atoms with Crippen LogP contribution in [0.2, 0.25) is 0 Å². The van der Waals surface area contributed by atoms with Crippen molar-refractivity contribution in [2.24, 2.45) is 11.5 Å². The number of hydrogen-bond donors (Lipinski definition) is 5. The van der Waals surface area contributed by atoms with Crippen LogP contribution in [0.5, 0.6) is 0 Å². The minimum Gasteiger partial charge on any atom is -0.481 e. The molecule has 0 spiro atoms. The predicted molar refractivity (Wildman–Crippen MR) is 89.1 cm³/mol. The maximum Gasteiger partial charge on any atom is 0.303 e. The fraction of sp³-hybridized carbons (Fsp3) is 0.375. The van der Waals surface area contributed by atoms with Gasteiger partial charge in [-0.3, -0.25) is 19.2 Å². The molecule has 0 bridgehead atoms. The molecule has 0 unspecified atom stereocenters. The number of amides is 3. The van der Waals surface area contributed by atoms with Crippen molar-refractivity contribution in [3.05, 3.63) is 35.9 Å². The van der Waals surface area contributed by atoms with Crippen LogP contribution in [0.4, 0.5) is 0 Å². The number of nitrogens with two attached hydrogens (primary N) is 2. The summed E-state index contributed by atoms with van der Waals surface area (Å²) in [6, 6.07) is 7.08. The van der Waals surface area contributed by atoms with Crippen LogP contribution in [0.25, 0.3) is 0 Å². The van der Waals surface area contributed by atoms with Crippen molar-refractivity contribution >= 4 is 23.7 Å². The molecule has 2 atom stereocenters. The lowest BCUT2D eigenvalue weighted by Crippen LogP contribution is -2.50. The Labute approximate surface area is 144 Å². The van der Waals surface area contributed by atoms with Crippen LogP contribution in [-0.2, 0) is 25.6 Å². The Morgan fingerprint density at radius 1 is 1.12 bits per heavy atom. The van der Waals surface area contributed by atoms with Gasteiger partial charge in [-0.2, -0.15) is 0 Å². The maximum atomic E-state index is 11.9. The van der Waals surface area contributed by atoms with Crippen LogP contribution in [0, 0.1) is 0 Å². The average Bonchev–Trinajstić information content (AvgIpc) is 2.57. The normalized spacial score (nSPS) is 12.7. The first-order chi connectivity index (χ1) is 11.8. The van der Waals surface area contributed by atoms with Crippen LogP contribution in [0.15, 0.2) is 30.3 Å². The van der Waals surface area contributed by atoms with Gasteiger partial charge in [-0.15, -0.1) is 0 Å². The van der Waals surface area contributed by atoms with Crippen LogP contribution in [-0.4, -0.2) is 47.4 Å². The van der Waals surface area contributed by atoms with Crippen molar-refractivity contribution in [1.82, 2.24) is 10.6 Å². The van der Waals surface area contributed by atoms with E-state index in [4.69, 9.17) is 16.6 Å². The number of carboxylic acid groups (broad SMARTS) is 1. The van der Waals surface area contributed by atoms with Crippen molar-refractivity contribution in [1.29, 1.82) is 0 Å². The van der Waals surface area contributed by atoms with Crippen LogP contribution in [0.1, 0.15) is 18.4 Å². The zero-order valence-electron chi connectivity index (χ0n) is 13.6. The average molecular weight is 350 g/mol. The molecule has 1 aromatic carbocycles. The second-order valence-corrected chi connectivity index (χ2v) is 5.47. The molecule has 0 aliphatic heterocycles. The van der Waals surface area contributed by atoms with Gasteiger partial charge in [0.25, 0.3) is 0 Å².